The van der Waals surface area contributed by atoms with E-state index < -0.39 is 5.97 Å². The average molecular weight is 466 g/mol. The Morgan fingerprint density at radius 2 is 1.71 bits per heavy atom. The molecule has 2 aromatic heterocycles. The maximum Gasteiger partial charge on any atom is 0.303 e. The lowest BCUT2D eigenvalue weighted by molar-refractivity contribution is -0.136. The summed E-state index contributed by atoms with van der Waals surface area (Å²) in [5, 5.41) is 15.1. The van der Waals surface area contributed by atoms with Crippen LogP contribution in [0.25, 0.3) is 38.8 Å². The van der Waals surface area contributed by atoms with Crippen LogP contribution in [0.4, 0.5) is 0 Å². The molecular formula is C28H23N3O2S. The van der Waals surface area contributed by atoms with Gasteiger partial charge in [-0.1, -0.05) is 60.2 Å². The lowest BCUT2D eigenvalue weighted by Gasteiger charge is -2.04. The van der Waals surface area contributed by atoms with E-state index in [0.717, 1.165) is 43.3 Å². The van der Waals surface area contributed by atoms with Crippen LogP contribution in [0.1, 0.15) is 29.0 Å². The molecule has 0 aliphatic rings. The molecule has 0 saturated carbocycles. The lowest BCUT2D eigenvalue weighted by atomic mass is 10.0. The highest BCUT2D eigenvalue weighted by Crippen LogP contribution is 2.33. The quantitative estimate of drug-likeness (QED) is 0.285. The first-order chi connectivity index (χ1) is 16.6. The van der Waals surface area contributed by atoms with Crippen molar-refractivity contribution in [3.05, 3.63) is 101 Å². The van der Waals surface area contributed by atoms with Crippen molar-refractivity contribution in [3.63, 3.8) is 0 Å². The van der Waals surface area contributed by atoms with E-state index in [0.29, 0.717) is 6.42 Å². The van der Waals surface area contributed by atoms with Gasteiger partial charge in [0.15, 0.2) is 0 Å². The lowest BCUT2D eigenvalue weighted by Crippen LogP contribution is -1.95. The molecule has 0 fully saturated rings. The third-order valence-corrected chi connectivity index (χ3v) is 6.71. The Morgan fingerprint density at radius 3 is 2.44 bits per heavy atom. The molecule has 0 spiro atoms. The van der Waals surface area contributed by atoms with Gasteiger partial charge in [-0.15, -0.1) is 11.3 Å². The molecule has 1 N–H and O–H groups in total. The van der Waals surface area contributed by atoms with E-state index in [4.69, 9.17) is 10.1 Å². The van der Waals surface area contributed by atoms with Crippen molar-refractivity contribution in [2.75, 3.05) is 0 Å². The van der Waals surface area contributed by atoms with E-state index in [1.54, 1.807) is 11.3 Å². The second kappa shape index (κ2) is 9.45. The van der Waals surface area contributed by atoms with E-state index in [9.17, 15) is 9.90 Å². The number of carboxylic acid groups (broad SMARTS) is 1. The number of aryl methyl sites for hydroxylation is 1. The number of hydrogen-bond donors (Lipinski definition) is 1. The number of nitrogens with zero attached hydrogens (tertiary/aromatic N) is 3. The highest BCUT2D eigenvalue weighted by atomic mass is 32.1. The Morgan fingerprint density at radius 1 is 0.971 bits per heavy atom. The molecule has 0 amide bonds. The number of hydrogen-bond acceptors (Lipinski definition) is 4. The number of thiazole rings is 1. The summed E-state index contributed by atoms with van der Waals surface area (Å²) in [4.78, 5) is 16.2. The first kappa shape index (κ1) is 21.8. The molecule has 0 bridgehead atoms. The number of aromatic nitrogens is 3. The maximum absolute atomic E-state index is 11.4. The Hall–Kier alpha value is -4.03. The Labute approximate surface area is 201 Å². The van der Waals surface area contributed by atoms with Gasteiger partial charge in [0, 0.05) is 23.7 Å². The van der Waals surface area contributed by atoms with Crippen LogP contribution in [0.3, 0.4) is 0 Å². The van der Waals surface area contributed by atoms with Crippen molar-refractivity contribution in [2.45, 2.75) is 19.8 Å². The van der Waals surface area contributed by atoms with Gasteiger partial charge >= 0.3 is 5.97 Å². The zero-order chi connectivity index (χ0) is 23.5. The molecule has 3 aromatic carbocycles. The summed E-state index contributed by atoms with van der Waals surface area (Å²) >= 11 is 1.58. The minimum atomic E-state index is -0.828. The van der Waals surface area contributed by atoms with Gasteiger partial charge in [-0.05, 0) is 49.3 Å². The van der Waals surface area contributed by atoms with Crippen molar-refractivity contribution in [1.82, 2.24) is 14.8 Å². The zero-order valence-electron chi connectivity index (χ0n) is 18.7. The number of allylic oxidation sites excluding steroid dienone is 1. The second-order valence-electron chi connectivity index (χ2n) is 8.13. The molecule has 0 aliphatic carbocycles. The van der Waals surface area contributed by atoms with Crippen LogP contribution < -0.4 is 0 Å². The predicted molar refractivity (Wildman–Crippen MR) is 138 cm³/mol. The summed E-state index contributed by atoms with van der Waals surface area (Å²) in [6.45, 7) is 2.06. The Bertz CT molecular complexity index is 1450. The molecular weight excluding hydrogens is 442 g/mol. The van der Waals surface area contributed by atoms with Crippen molar-refractivity contribution < 1.29 is 9.90 Å². The van der Waals surface area contributed by atoms with E-state index in [2.05, 4.69) is 31.2 Å². The van der Waals surface area contributed by atoms with Crippen LogP contribution in [0.15, 0.2) is 85.1 Å². The van der Waals surface area contributed by atoms with Gasteiger partial charge in [0.1, 0.15) is 5.01 Å². The predicted octanol–water partition coefficient (Wildman–Crippen LogP) is 6.86. The van der Waals surface area contributed by atoms with Crippen molar-refractivity contribution >= 4 is 39.2 Å². The van der Waals surface area contributed by atoms with Gasteiger partial charge in [-0.3, -0.25) is 4.79 Å². The molecule has 2 heterocycles. The zero-order valence-corrected chi connectivity index (χ0v) is 19.5. The minimum absolute atomic E-state index is 0.0362. The van der Waals surface area contributed by atoms with Gasteiger partial charge in [0.2, 0.25) is 0 Å². The van der Waals surface area contributed by atoms with E-state index in [1.807, 2.05) is 71.6 Å². The number of carboxylic acids is 1. The normalized spacial score (nSPS) is 11.7. The summed E-state index contributed by atoms with van der Waals surface area (Å²) in [7, 11) is 0. The molecule has 0 atom stereocenters. The molecule has 5 nitrogen and oxygen atoms in total. The summed E-state index contributed by atoms with van der Waals surface area (Å²) in [6.07, 6.45) is 4.47. The molecule has 0 radical (unpaired) electrons. The SMILES string of the molecule is Cc1ccc(-c2nn(-c3ccccc3)cc2C=C(CCC(=O)O)c2nc3ccccc3s2)cc1. The Balaban J connectivity index is 1.66. The first-order valence-corrected chi connectivity index (χ1v) is 11.9. The largest absolute Gasteiger partial charge is 0.481 e. The molecule has 168 valence electrons. The fourth-order valence-electron chi connectivity index (χ4n) is 3.82. The summed E-state index contributed by atoms with van der Waals surface area (Å²) < 4.78 is 2.95. The first-order valence-electron chi connectivity index (χ1n) is 11.1. The minimum Gasteiger partial charge on any atom is -0.481 e. The summed E-state index contributed by atoms with van der Waals surface area (Å²) in [5.41, 5.74) is 6.73. The Kier molecular flexibility index (Phi) is 6.06. The summed E-state index contributed by atoms with van der Waals surface area (Å²) in [6, 6.07) is 26.2. The van der Waals surface area contributed by atoms with Gasteiger partial charge in [-0.25, -0.2) is 9.67 Å². The van der Waals surface area contributed by atoms with Crippen LogP contribution in [0.5, 0.6) is 0 Å². The van der Waals surface area contributed by atoms with Crippen LogP contribution in [0, 0.1) is 6.92 Å². The van der Waals surface area contributed by atoms with Crippen molar-refractivity contribution in [1.29, 1.82) is 0 Å². The molecule has 5 rings (SSSR count). The van der Waals surface area contributed by atoms with Crippen LogP contribution in [0.2, 0.25) is 0 Å². The second-order valence-corrected chi connectivity index (χ2v) is 9.16. The van der Waals surface area contributed by atoms with Crippen LogP contribution >= 0.6 is 11.3 Å². The standard InChI is InChI=1S/C28H23N3O2S/c1-19-11-13-20(14-12-19)27-22(18-31(30-27)23-7-3-2-4-8-23)17-21(15-16-26(32)33)28-29-24-9-5-6-10-25(24)34-28/h2-14,17-18H,15-16H2,1H3,(H,32,33). The van der Waals surface area contributed by atoms with Crippen LogP contribution in [-0.2, 0) is 4.79 Å². The van der Waals surface area contributed by atoms with Crippen LogP contribution in [-0.4, -0.2) is 25.8 Å². The molecule has 6 heteroatoms. The summed E-state index contributed by atoms with van der Waals surface area (Å²) in [5.74, 6) is -0.828. The fourth-order valence-corrected chi connectivity index (χ4v) is 4.83. The third kappa shape index (κ3) is 4.67. The van der Waals surface area contributed by atoms with Gasteiger partial charge in [0.25, 0.3) is 0 Å². The smallest absolute Gasteiger partial charge is 0.303 e. The van der Waals surface area contributed by atoms with E-state index in [-0.39, 0.29) is 6.42 Å². The van der Waals surface area contributed by atoms with Gasteiger partial charge in [0.05, 0.1) is 21.6 Å². The molecule has 34 heavy (non-hydrogen) atoms. The topological polar surface area (TPSA) is 68.0 Å². The fraction of sp³-hybridized carbons (Fsp3) is 0.107. The maximum atomic E-state index is 11.4. The number of fused-ring (bicyclic) bond motifs is 1. The van der Waals surface area contributed by atoms with Gasteiger partial charge < -0.3 is 5.11 Å². The van der Waals surface area contributed by atoms with Crippen molar-refractivity contribution in [2.24, 2.45) is 0 Å². The number of aliphatic carboxylic acids is 1. The molecule has 0 aliphatic heterocycles. The highest BCUT2D eigenvalue weighted by Gasteiger charge is 2.15. The molecule has 0 unspecified atom stereocenters. The van der Waals surface area contributed by atoms with E-state index >= 15 is 0 Å². The average Bonchev–Trinajstić information content (AvgIpc) is 3.47. The number of para-hydroxylation sites is 2. The molecule has 0 saturated heterocycles. The number of rotatable bonds is 7. The highest BCUT2D eigenvalue weighted by molar-refractivity contribution is 7.19. The number of carbonyl (C=O) groups is 1. The third-order valence-electron chi connectivity index (χ3n) is 5.59. The molecule has 5 aromatic rings. The monoisotopic (exact) mass is 465 g/mol. The van der Waals surface area contributed by atoms with Crippen molar-refractivity contribution in [3.8, 4) is 16.9 Å². The van der Waals surface area contributed by atoms with E-state index in [1.165, 1.54) is 5.56 Å². The van der Waals surface area contributed by atoms with Gasteiger partial charge in [-0.2, -0.15) is 5.10 Å². The number of benzene rings is 3.